The van der Waals surface area contributed by atoms with Crippen LogP contribution >= 0.6 is 0 Å². The van der Waals surface area contributed by atoms with Gasteiger partial charge in [-0.25, -0.2) is 0 Å². The molecule has 0 bridgehead atoms. The van der Waals surface area contributed by atoms with Gasteiger partial charge >= 0.3 is 0 Å². The van der Waals surface area contributed by atoms with E-state index >= 15 is 0 Å². The maximum Gasteiger partial charge on any atom is 0.269 e. The number of nitro groups is 1. The number of rotatable bonds is 13. The Hall–Kier alpha value is -2.95. The molecule has 0 radical (unpaired) electrons. The second-order valence-electron chi connectivity index (χ2n) is 8.06. The van der Waals surface area contributed by atoms with Crippen LogP contribution in [0.15, 0.2) is 54.6 Å². The largest absolute Gasteiger partial charge is 0.350 e. The Bertz CT molecular complexity index is 845. The van der Waals surface area contributed by atoms with Crippen LogP contribution in [-0.4, -0.2) is 16.9 Å². The van der Waals surface area contributed by atoms with Crippen LogP contribution in [0.2, 0.25) is 0 Å². The minimum Gasteiger partial charge on any atom is -0.350 e. The van der Waals surface area contributed by atoms with Crippen LogP contribution in [0, 0.1) is 10.1 Å². The average molecular weight is 423 g/mol. The molecule has 0 heterocycles. The molecule has 1 N–H and O–H groups in total. The Kier molecular flexibility index (Phi) is 10.5. The lowest BCUT2D eigenvalue weighted by molar-refractivity contribution is -0.384. The molecule has 0 fully saturated rings. The van der Waals surface area contributed by atoms with Gasteiger partial charge in [0.1, 0.15) is 0 Å². The molecule has 0 spiro atoms. The molecule has 1 atom stereocenters. The van der Waals surface area contributed by atoms with Crippen molar-refractivity contribution in [2.75, 3.05) is 0 Å². The first-order chi connectivity index (χ1) is 15.0. The predicted octanol–water partition coefficient (Wildman–Crippen LogP) is 6.78. The summed E-state index contributed by atoms with van der Waals surface area (Å²) in [6, 6.07) is 15.8. The maximum atomic E-state index is 13.1. The summed E-state index contributed by atoms with van der Waals surface area (Å²) >= 11 is 0. The van der Waals surface area contributed by atoms with Gasteiger partial charge in [0.25, 0.3) is 11.6 Å². The zero-order chi connectivity index (χ0) is 22.5. The van der Waals surface area contributed by atoms with Gasteiger partial charge < -0.3 is 5.32 Å². The Morgan fingerprint density at radius 1 is 0.968 bits per heavy atom. The van der Waals surface area contributed by atoms with Crippen LogP contribution < -0.4 is 5.32 Å². The molecule has 0 aliphatic carbocycles. The lowest BCUT2D eigenvalue weighted by atomic mass is 10.0. The Balaban J connectivity index is 2.00. The van der Waals surface area contributed by atoms with Crippen LogP contribution in [-0.2, 0) is 4.79 Å². The van der Waals surface area contributed by atoms with Crippen molar-refractivity contribution in [3.8, 4) is 0 Å². The first kappa shape index (κ1) is 24.3. The second-order valence-corrected chi connectivity index (χ2v) is 8.06. The summed E-state index contributed by atoms with van der Waals surface area (Å²) in [5.41, 5.74) is 2.16. The van der Waals surface area contributed by atoms with Gasteiger partial charge in [-0.05, 0) is 42.7 Å². The van der Waals surface area contributed by atoms with E-state index in [2.05, 4.69) is 12.2 Å². The molecule has 0 aliphatic rings. The minimum absolute atomic E-state index is 0.0335. The summed E-state index contributed by atoms with van der Waals surface area (Å²) in [5, 5.41) is 14.0. The SMILES string of the molecule is CCCCCCCCCC(C)NC(=O)/C(=C/c1ccc([N+](=O)[O-])cc1)c1ccccc1. The maximum absolute atomic E-state index is 13.1. The monoisotopic (exact) mass is 422 g/mol. The molecule has 1 amide bonds. The van der Waals surface area contributed by atoms with Crippen LogP contribution in [0.25, 0.3) is 11.6 Å². The normalized spacial score (nSPS) is 12.4. The summed E-state index contributed by atoms with van der Waals surface area (Å²) in [7, 11) is 0. The van der Waals surface area contributed by atoms with E-state index in [4.69, 9.17) is 0 Å². The number of nitro benzene ring substituents is 1. The van der Waals surface area contributed by atoms with Crippen molar-refractivity contribution < 1.29 is 9.72 Å². The molecule has 2 aromatic carbocycles. The Labute approximate surface area is 185 Å². The lowest BCUT2D eigenvalue weighted by Gasteiger charge is -2.16. The van der Waals surface area contributed by atoms with Crippen LogP contribution in [0.3, 0.4) is 0 Å². The summed E-state index contributed by atoms with van der Waals surface area (Å²) in [6.45, 7) is 4.27. The molecule has 0 saturated carbocycles. The van der Waals surface area contributed by atoms with Crippen molar-refractivity contribution in [3.05, 3.63) is 75.8 Å². The molecule has 166 valence electrons. The number of hydrogen-bond acceptors (Lipinski definition) is 3. The van der Waals surface area contributed by atoms with E-state index in [1.165, 1.54) is 50.7 Å². The Morgan fingerprint density at radius 3 is 2.19 bits per heavy atom. The third-order valence-corrected chi connectivity index (χ3v) is 5.36. The molecule has 2 rings (SSSR count). The van der Waals surface area contributed by atoms with Gasteiger partial charge in [0.15, 0.2) is 0 Å². The van der Waals surface area contributed by atoms with Gasteiger partial charge in [-0.15, -0.1) is 0 Å². The number of amides is 1. The Morgan fingerprint density at radius 2 is 1.58 bits per heavy atom. The van der Waals surface area contributed by atoms with E-state index in [0.717, 1.165) is 24.0 Å². The van der Waals surface area contributed by atoms with E-state index in [-0.39, 0.29) is 17.6 Å². The first-order valence-electron chi connectivity index (χ1n) is 11.3. The quantitative estimate of drug-likeness (QED) is 0.127. The van der Waals surface area contributed by atoms with E-state index in [9.17, 15) is 14.9 Å². The highest BCUT2D eigenvalue weighted by molar-refractivity contribution is 6.24. The van der Waals surface area contributed by atoms with E-state index in [0.29, 0.717) is 5.57 Å². The minimum atomic E-state index is -0.427. The highest BCUT2D eigenvalue weighted by Crippen LogP contribution is 2.21. The third-order valence-electron chi connectivity index (χ3n) is 5.36. The summed E-state index contributed by atoms with van der Waals surface area (Å²) in [5.74, 6) is -0.125. The number of nitrogens with zero attached hydrogens (tertiary/aromatic N) is 1. The number of non-ortho nitro benzene ring substituents is 1. The van der Waals surface area contributed by atoms with Gasteiger partial charge in [0.2, 0.25) is 0 Å². The standard InChI is InChI=1S/C26H34N2O3/c1-3-4-5-6-7-8-10-13-21(2)27-26(29)25(23-14-11-9-12-15-23)20-22-16-18-24(19-17-22)28(30)31/h9,11-12,14-21H,3-8,10,13H2,1-2H3,(H,27,29)/b25-20+. The molecular formula is C26H34N2O3. The number of carbonyl (C=O) groups excluding carboxylic acids is 1. The molecule has 5 heteroatoms. The topological polar surface area (TPSA) is 72.2 Å². The van der Waals surface area contributed by atoms with Crippen molar-refractivity contribution in [1.29, 1.82) is 0 Å². The fraction of sp³-hybridized carbons (Fsp3) is 0.423. The summed E-state index contributed by atoms with van der Waals surface area (Å²) < 4.78 is 0. The summed E-state index contributed by atoms with van der Waals surface area (Å²) in [6.07, 6.45) is 11.5. The number of hydrogen-bond donors (Lipinski definition) is 1. The van der Waals surface area contributed by atoms with Gasteiger partial charge in [-0.2, -0.15) is 0 Å². The number of carbonyl (C=O) groups is 1. The van der Waals surface area contributed by atoms with Crippen molar-refractivity contribution in [2.24, 2.45) is 0 Å². The van der Waals surface area contributed by atoms with Crippen molar-refractivity contribution in [1.82, 2.24) is 5.32 Å². The van der Waals surface area contributed by atoms with Gasteiger partial charge in [0, 0.05) is 23.7 Å². The molecular weight excluding hydrogens is 388 g/mol. The zero-order valence-corrected chi connectivity index (χ0v) is 18.7. The molecule has 0 aliphatic heterocycles. The number of unbranched alkanes of at least 4 members (excludes halogenated alkanes) is 6. The van der Waals surface area contributed by atoms with Crippen LogP contribution in [0.1, 0.15) is 76.3 Å². The van der Waals surface area contributed by atoms with E-state index < -0.39 is 4.92 Å². The molecule has 0 saturated heterocycles. The fourth-order valence-corrected chi connectivity index (χ4v) is 3.54. The molecule has 0 aromatic heterocycles. The number of nitrogens with one attached hydrogen (secondary N) is 1. The van der Waals surface area contributed by atoms with Gasteiger partial charge in [0.05, 0.1) is 4.92 Å². The van der Waals surface area contributed by atoms with Crippen molar-refractivity contribution >= 4 is 23.2 Å². The lowest BCUT2D eigenvalue weighted by Crippen LogP contribution is -2.33. The highest BCUT2D eigenvalue weighted by atomic mass is 16.6. The van der Waals surface area contributed by atoms with Crippen molar-refractivity contribution in [3.63, 3.8) is 0 Å². The third kappa shape index (κ3) is 8.75. The first-order valence-corrected chi connectivity index (χ1v) is 11.3. The van der Waals surface area contributed by atoms with Crippen LogP contribution in [0.4, 0.5) is 5.69 Å². The van der Waals surface area contributed by atoms with Crippen LogP contribution in [0.5, 0.6) is 0 Å². The molecule has 31 heavy (non-hydrogen) atoms. The van der Waals surface area contributed by atoms with Gasteiger partial charge in [-0.1, -0.05) is 82.2 Å². The summed E-state index contributed by atoms with van der Waals surface area (Å²) in [4.78, 5) is 23.5. The van der Waals surface area contributed by atoms with Crippen molar-refractivity contribution in [2.45, 2.75) is 71.3 Å². The molecule has 1 unspecified atom stereocenters. The predicted molar refractivity (Wildman–Crippen MR) is 128 cm³/mol. The highest BCUT2D eigenvalue weighted by Gasteiger charge is 2.15. The smallest absolute Gasteiger partial charge is 0.269 e. The zero-order valence-electron chi connectivity index (χ0n) is 18.7. The van der Waals surface area contributed by atoms with Gasteiger partial charge in [-0.3, -0.25) is 14.9 Å². The molecule has 5 nitrogen and oxygen atoms in total. The molecule has 2 aromatic rings. The fourth-order valence-electron chi connectivity index (χ4n) is 3.54. The number of benzene rings is 2. The van der Waals surface area contributed by atoms with E-state index in [1.54, 1.807) is 18.2 Å². The van der Waals surface area contributed by atoms with E-state index in [1.807, 2.05) is 37.3 Å². The average Bonchev–Trinajstić information content (AvgIpc) is 2.77. The second kappa shape index (κ2) is 13.4.